The molecule has 1 N–H and O–H groups in total. The first kappa shape index (κ1) is 18.9. The van der Waals surface area contributed by atoms with Gasteiger partial charge in [0.1, 0.15) is 6.10 Å². The molecular formula is C23H24ClN3O. The molecule has 28 heavy (non-hydrogen) atoms. The SMILES string of the molecule is O[C@H](c1cccnc1)c1ccccc1N1CCN(Cc2ccc(Cl)cc2)CC1. The van der Waals surface area contributed by atoms with Crippen LogP contribution in [0.5, 0.6) is 0 Å². The van der Waals surface area contributed by atoms with E-state index in [9.17, 15) is 5.11 Å². The maximum atomic E-state index is 10.9. The third-order valence-electron chi connectivity index (χ3n) is 5.26. The van der Waals surface area contributed by atoms with Crippen LogP contribution in [0.15, 0.2) is 73.1 Å². The van der Waals surface area contributed by atoms with E-state index in [1.54, 1.807) is 12.4 Å². The summed E-state index contributed by atoms with van der Waals surface area (Å²) >= 11 is 5.98. The second-order valence-corrected chi connectivity index (χ2v) is 7.57. The molecule has 1 saturated heterocycles. The van der Waals surface area contributed by atoms with E-state index in [-0.39, 0.29) is 0 Å². The monoisotopic (exact) mass is 393 g/mol. The van der Waals surface area contributed by atoms with Crippen molar-refractivity contribution in [2.24, 2.45) is 0 Å². The van der Waals surface area contributed by atoms with Gasteiger partial charge in [-0.05, 0) is 29.8 Å². The first-order chi connectivity index (χ1) is 13.7. The number of nitrogens with zero attached hydrogens (tertiary/aromatic N) is 3. The van der Waals surface area contributed by atoms with Crippen LogP contribution >= 0.6 is 11.6 Å². The van der Waals surface area contributed by atoms with Crippen LogP contribution in [0.1, 0.15) is 22.8 Å². The van der Waals surface area contributed by atoms with Crippen LogP contribution < -0.4 is 4.90 Å². The number of pyridine rings is 1. The fraction of sp³-hybridized carbons (Fsp3) is 0.261. The summed E-state index contributed by atoms with van der Waals surface area (Å²) in [6, 6.07) is 20.0. The Kier molecular flexibility index (Phi) is 5.91. The van der Waals surface area contributed by atoms with Gasteiger partial charge < -0.3 is 10.0 Å². The summed E-state index contributed by atoms with van der Waals surface area (Å²) in [6.07, 6.45) is 2.78. The highest BCUT2D eigenvalue weighted by Gasteiger charge is 2.22. The van der Waals surface area contributed by atoms with Crippen molar-refractivity contribution in [3.63, 3.8) is 0 Å². The highest BCUT2D eigenvalue weighted by atomic mass is 35.5. The van der Waals surface area contributed by atoms with Crippen LogP contribution in [0.25, 0.3) is 0 Å². The van der Waals surface area contributed by atoms with Gasteiger partial charge in [-0.15, -0.1) is 0 Å². The van der Waals surface area contributed by atoms with Crippen LogP contribution in [-0.4, -0.2) is 41.2 Å². The molecule has 1 aliphatic heterocycles. The predicted octanol–water partition coefficient (Wildman–Crippen LogP) is 4.14. The van der Waals surface area contributed by atoms with Crippen molar-refractivity contribution >= 4 is 17.3 Å². The Morgan fingerprint density at radius 3 is 2.39 bits per heavy atom. The van der Waals surface area contributed by atoms with Crippen molar-refractivity contribution in [2.45, 2.75) is 12.6 Å². The zero-order chi connectivity index (χ0) is 19.3. The number of halogens is 1. The zero-order valence-corrected chi connectivity index (χ0v) is 16.5. The minimum atomic E-state index is -0.669. The van der Waals surface area contributed by atoms with E-state index in [2.05, 4.69) is 33.0 Å². The predicted molar refractivity (Wildman–Crippen MR) is 114 cm³/mol. The van der Waals surface area contributed by atoms with Crippen LogP contribution in [0.2, 0.25) is 5.02 Å². The van der Waals surface area contributed by atoms with Crippen molar-refractivity contribution < 1.29 is 5.11 Å². The van der Waals surface area contributed by atoms with Gasteiger partial charge in [0, 0.05) is 67.0 Å². The van der Waals surface area contributed by atoms with E-state index in [1.807, 2.05) is 42.5 Å². The topological polar surface area (TPSA) is 39.6 Å². The lowest BCUT2D eigenvalue weighted by molar-refractivity contribution is 0.218. The fourth-order valence-electron chi connectivity index (χ4n) is 3.72. The Balaban J connectivity index is 1.44. The van der Waals surface area contributed by atoms with Gasteiger partial charge in [0.2, 0.25) is 0 Å². The van der Waals surface area contributed by atoms with Gasteiger partial charge >= 0.3 is 0 Å². The van der Waals surface area contributed by atoms with Crippen molar-refractivity contribution in [1.29, 1.82) is 0 Å². The molecule has 2 aromatic carbocycles. The van der Waals surface area contributed by atoms with Crippen LogP contribution in [-0.2, 0) is 6.54 Å². The first-order valence-corrected chi connectivity index (χ1v) is 9.97. The molecule has 1 aromatic heterocycles. The molecule has 0 unspecified atom stereocenters. The minimum Gasteiger partial charge on any atom is -0.384 e. The number of anilines is 1. The number of piperazine rings is 1. The number of hydrogen-bond acceptors (Lipinski definition) is 4. The molecule has 0 bridgehead atoms. The average molecular weight is 394 g/mol. The van der Waals surface area contributed by atoms with Crippen LogP contribution in [0.3, 0.4) is 0 Å². The Bertz CT molecular complexity index is 893. The largest absolute Gasteiger partial charge is 0.384 e. The number of hydrogen-bond donors (Lipinski definition) is 1. The second kappa shape index (κ2) is 8.74. The normalized spacial score (nSPS) is 16.1. The fourth-order valence-corrected chi connectivity index (χ4v) is 3.84. The standard InChI is InChI=1S/C23H24ClN3O/c24-20-9-7-18(8-10-20)17-26-12-14-27(15-13-26)22-6-2-1-5-21(22)23(28)19-4-3-11-25-16-19/h1-11,16,23,28H,12-15,17H2/t23-/m1/s1. The second-order valence-electron chi connectivity index (χ2n) is 7.14. The Morgan fingerprint density at radius 1 is 0.929 bits per heavy atom. The van der Waals surface area contributed by atoms with Crippen molar-refractivity contribution in [3.8, 4) is 0 Å². The van der Waals surface area contributed by atoms with E-state index in [1.165, 1.54) is 5.56 Å². The molecule has 0 aliphatic carbocycles. The lowest BCUT2D eigenvalue weighted by atomic mass is 10.00. The molecule has 1 fully saturated rings. The summed E-state index contributed by atoms with van der Waals surface area (Å²) in [5.74, 6) is 0. The molecule has 2 heterocycles. The van der Waals surface area contributed by atoms with E-state index >= 15 is 0 Å². The lowest BCUT2D eigenvalue weighted by Crippen LogP contribution is -2.46. The van der Waals surface area contributed by atoms with Gasteiger partial charge in [-0.25, -0.2) is 0 Å². The highest BCUT2D eigenvalue weighted by Crippen LogP contribution is 2.31. The molecule has 3 aromatic rings. The van der Waals surface area contributed by atoms with Gasteiger partial charge in [0.25, 0.3) is 0 Å². The summed E-state index contributed by atoms with van der Waals surface area (Å²) in [5.41, 5.74) is 4.13. The Labute approximate surface area is 171 Å². The third-order valence-corrected chi connectivity index (χ3v) is 5.52. The molecule has 0 spiro atoms. The Hall–Kier alpha value is -2.40. The van der Waals surface area contributed by atoms with Gasteiger partial charge in [0.05, 0.1) is 0 Å². The van der Waals surface area contributed by atoms with Gasteiger partial charge in [0.15, 0.2) is 0 Å². The molecule has 5 heteroatoms. The number of aliphatic hydroxyl groups is 1. The van der Waals surface area contributed by atoms with E-state index in [0.717, 1.165) is 54.6 Å². The molecule has 0 saturated carbocycles. The van der Waals surface area contributed by atoms with Crippen LogP contribution in [0, 0.1) is 0 Å². The number of benzene rings is 2. The zero-order valence-electron chi connectivity index (χ0n) is 15.7. The molecule has 1 aliphatic rings. The summed E-state index contributed by atoms with van der Waals surface area (Å²) in [7, 11) is 0. The molecule has 4 rings (SSSR count). The summed E-state index contributed by atoms with van der Waals surface area (Å²) in [5, 5.41) is 11.7. The van der Waals surface area contributed by atoms with E-state index in [0.29, 0.717) is 0 Å². The number of aliphatic hydroxyl groups excluding tert-OH is 1. The van der Waals surface area contributed by atoms with Crippen molar-refractivity contribution in [1.82, 2.24) is 9.88 Å². The maximum Gasteiger partial charge on any atom is 0.108 e. The molecule has 1 atom stereocenters. The smallest absolute Gasteiger partial charge is 0.108 e. The number of aromatic nitrogens is 1. The molecule has 144 valence electrons. The highest BCUT2D eigenvalue weighted by molar-refractivity contribution is 6.30. The number of para-hydroxylation sites is 1. The van der Waals surface area contributed by atoms with E-state index < -0.39 is 6.10 Å². The average Bonchev–Trinajstić information content (AvgIpc) is 2.76. The van der Waals surface area contributed by atoms with Gasteiger partial charge in [-0.1, -0.05) is 48.0 Å². The van der Waals surface area contributed by atoms with Gasteiger partial charge in [-0.2, -0.15) is 0 Å². The van der Waals surface area contributed by atoms with Gasteiger partial charge in [-0.3, -0.25) is 9.88 Å². The van der Waals surface area contributed by atoms with Crippen LogP contribution in [0.4, 0.5) is 5.69 Å². The van der Waals surface area contributed by atoms with E-state index in [4.69, 9.17) is 11.6 Å². The summed E-state index contributed by atoms with van der Waals surface area (Å²) in [4.78, 5) is 8.97. The lowest BCUT2D eigenvalue weighted by Gasteiger charge is -2.37. The molecule has 0 amide bonds. The third kappa shape index (κ3) is 4.36. The molecule has 4 nitrogen and oxygen atoms in total. The summed E-state index contributed by atoms with van der Waals surface area (Å²) in [6.45, 7) is 4.78. The summed E-state index contributed by atoms with van der Waals surface area (Å²) < 4.78 is 0. The maximum absolute atomic E-state index is 10.9. The quantitative estimate of drug-likeness (QED) is 0.707. The minimum absolute atomic E-state index is 0.669. The molecular weight excluding hydrogens is 370 g/mol. The van der Waals surface area contributed by atoms with Crippen molar-refractivity contribution in [2.75, 3.05) is 31.1 Å². The van der Waals surface area contributed by atoms with Crippen molar-refractivity contribution in [3.05, 3.63) is 94.8 Å². The number of rotatable bonds is 5. The first-order valence-electron chi connectivity index (χ1n) is 9.59. The molecule has 0 radical (unpaired) electrons. The Morgan fingerprint density at radius 2 is 1.68 bits per heavy atom.